The first-order chi connectivity index (χ1) is 10.1. The fourth-order valence-corrected chi connectivity index (χ4v) is 3.17. The molecule has 1 N–H and O–H groups in total. The van der Waals surface area contributed by atoms with Gasteiger partial charge in [-0.25, -0.2) is 0 Å². The van der Waals surface area contributed by atoms with Crippen molar-refractivity contribution in [3.63, 3.8) is 0 Å². The number of hydrogen-bond donors (Lipinski definition) is 1. The van der Waals surface area contributed by atoms with Crippen molar-refractivity contribution in [3.05, 3.63) is 35.9 Å². The normalized spacial score (nSPS) is 26.5. The maximum absolute atomic E-state index is 11.6. The molecule has 0 aliphatic carbocycles. The van der Waals surface area contributed by atoms with Crippen LogP contribution in [-0.4, -0.2) is 36.0 Å². The summed E-state index contributed by atoms with van der Waals surface area (Å²) >= 11 is 0. The van der Waals surface area contributed by atoms with E-state index < -0.39 is 0 Å². The van der Waals surface area contributed by atoms with E-state index >= 15 is 0 Å². The molecule has 1 aromatic rings. The van der Waals surface area contributed by atoms with E-state index in [1.54, 1.807) is 0 Å². The maximum Gasteiger partial charge on any atom is 0.219 e. The molecule has 3 atom stereocenters. The molecule has 3 heteroatoms. The molecular formula is C18H28N2O. The number of piperidine rings is 1. The summed E-state index contributed by atoms with van der Waals surface area (Å²) in [6.45, 7) is 8.62. The summed E-state index contributed by atoms with van der Waals surface area (Å²) in [6, 6.07) is 11.5. The lowest BCUT2D eigenvalue weighted by atomic mass is 9.89. The van der Waals surface area contributed by atoms with Gasteiger partial charge in [0.05, 0.1) is 0 Å². The monoisotopic (exact) mass is 288 g/mol. The van der Waals surface area contributed by atoms with E-state index in [-0.39, 0.29) is 5.91 Å². The van der Waals surface area contributed by atoms with Gasteiger partial charge in [-0.2, -0.15) is 0 Å². The Morgan fingerprint density at radius 1 is 1.29 bits per heavy atom. The van der Waals surface area contributed by atoms with Gasteiger partial charge >= 0.3 is 0 Å². The lowest BCUT2D eigenvalue weighted by Gasteiger charge is -2.42. The molecule has 0 spiro atoms. The molecule has 0 aromatic heterocycles. The van der Waals surface area contributed by atoms with Crippen molar-refractivity contribution in [3.8, 4) is 0 Å². The van der Waals surface area contributed by atoms with Crippen molar-refractivity contribution in [1.82, 2.24) is 10.2 Å². The molecule has 1 aliphatic rings. The van der Waals surface area contributed by atoms with Gasteiger partial charge < -0.3 is 5.32 Å². The van der Waals surface area contributed by atoms with E-state index in [0.717, 1.165) is 25.9 Å². The molecule has 1 fully saturated rings. The molecule has 1 amide bonds. The first kappa shape index (κ1) is 16.0. The third-order valence-electron chi connectivity index (χ3n) is 4.63. The van der Waals surface area contributed by atoms with Crippen molar-refractivity contribution in [2.24, 2.45) is 5.92 Å². The fraction of sp³-hybridized carbons (Fsp3) is 0.611. The Bertz CT molecular complexity index is 446. The van der Waals surface area contributed by atoms with Crippen LogP contribution in [0.25, 0.3) is 0 Å². The summed E-state index contributed by atoms with van der Waals surface area (Å²) in [6.07, 6.45) is 2.74. The van der Waals surface area contributed by atoms with Crippen LogP contribution >= 0.6 is 0 Å². The van der Waals surface area contributed by atoms with Crippen LogP contribution in [0.15, 0.2) is 30.3 Å². The Labute approximate surface area is 128 Å². The molecule has 0 radical (unpaired) electrons. The first-order valence-electron chi connectivity index (χ1n) is 8.17. The lowest BCUT2D eigenvalue weighted by molar-refractivity contribution is -0.122. The Morgan fingerprint density at radius 2 is 2.00 bits per heavy atom. The van der Waals surface area contributed by atoms with Crippen LogP contribution in [0.5, 0.6) is 0 Å². The molecule has 1 heterocycles. The quantitative estimate of drug-likeness (QED) is 0.903. The SMILES string of the molecule is CCC(=O)N[C@@H]1C[C@@H](C)N(CCc2ccccc2)C[C@H]1C. The minimum absolute atomic E-state index is 0.178. The summed E-state index contributed by atoms with van der Waals surface area (Å²) in [5.41, 5.74) is 1.40. The maximum atomic E-state index is 11.6. The lowest BCUT2D eigenvalue weighted by Crippen LogP contribution is -2.53. The molecule has 0 bridgehead atoms. The van der Waals surface area contributed by atoms with Gasteiger partial charge in [0.1, 0.15) is 0 Å². The standard InChI is InChI=1S/C18H28N2O/c1-4-18(21)19-17-12-15(3)20(13-14(17)2)11-10-16-8-6-5-7-9-16/h5-9,14-15,17H,4,10-13H2,1-3H3,(H,19,21)/t14-,15-,17-/m1/s1. The zero-order valence-electron chi connectivity index (χ0n) is 13.5. The van der Waals surface area contributed by atoms with Gasteiger partial charge in [-0.15, -0.1) is 0 Å². The summed E-state index contributed by atoms with van der Waals surface area (Å²) in [7, 11) is 0. The number of nitrogens with zero attached hydrogens (tertiary/aromatic N) is 1. The third kappa shape index (κ3) is 4.57. The van der Waals surface area contributed by atoms with Gasteiger partial charge in [0, 0.05) is 31.6 Å². The van der Waals surface area contributed by atoms with Crippen LogP contribution < -0.4 is 5.32 Å². The highest BCUT2D eigenvalue weighted by atomic mass is 16.1. The van der Waals surface area contributed by atoms with Crippen molar-refractivity contribution >= 4 is 5.91 Å². The fourth-order valence-electron chi connectivity index (χ4n) is 3.17. The van der Waals surface area contributed by atoms with Crippen LogP contribution in [0.4, 0.5) is 0 Å². The van der Waals surface area contributed by atoms with E-state index in [1.165, 1.54) is 5.56 Å². The van der Waals surface area contributed by atoms with E-state index in [9.17, 15) is 4.79 Å². The number of benzene rings is 1. The van der Waals surface area contributed by atoms with Crippen molar-refractivity contribution in [1.29, 1.82) is 0 Å². The minimum Gasteiger partial charge on any atom is -0.353 e. The number of amides is 1. The second-order valence-electron chi connectivity index (χ2n) is 6.32. The van der Waals surface area contributed by atoms with Gasteiger partial charge in [-0.05, 0) is 31.2 Å². The van der Waals surface area contributed by atoms with Crippen LogP contribution in [0, 0.1) is 5.92 Å². The molecule has 1 saturated heterocycles. The zero-order chi connectivity index (χ0) is 15.2. The molecule has 2 rings (SSSR count). The van der Waals surface area contributed by atoms with Gasteiger partial charge in [-0.1, -0.05) is 44.2 Å². The molecule has 1 aliphatic heterocycles. The summed E-state index contributed by atoms with van der Waals surface area (Å²) in [5, 5.41) is 3.18. The van der Waals surface area contributed by atoms with Crippen LogP contribution in [0.2, 0.25) is 0 Å². The Balaban J connectivity index is 1.85. The van der Waals surface area contributed by atoms with Crippen LogP contribution in [-0.2, 0) is 11.2 Å². The smallest absolute Gasteiger partial charge is 0.219 e. The van der Waals surface area contributed by atoms with Crippen molar-refractivity contribution in [2.45, 2.75) is 52.1 Å². The average molecular weight is 288 g/mol. The predicted octanol–water partition coefficient (Wildman–Crippen LogP) is 2.85. The molecule has 116 valence electrons. The molecular weight excluding hydrogens is 260 g/mol. The molecule has 1 aromatic carbocycles. The van der Waals surface area contributed by atoms with E-state index in [4.69, 9.17) is 0 Å². The topological polar surface area (TPSA) is 32.3 Å². The number of carbonyl (C=O) groups is 1. The Hall–Kier alpha value is -1.35. The zero-order valence-corrected chi connectivity index (χ0v) is 13.5. The van der Waals surface area contributed by atoms with Gasteiger partial charge in [0.15, 0.2) is 0 Å². The first-order valence-corrected chi connectivity index (χ1v) is 8.17. The van der Waals surface area contributed by atoms with E-state index in [0.29, 0.717) is 24.4 Å². The van der Waals surface area contributed by atoms with Gasteiger partial charge in [0.2, 0.25) is 5.91 Å². The Kier molecular flexibility index (Phi) is 5.80. The molecule has 3 nitrogen and oxygen atoms in total. The summed E-state index contributed by atoms with van der Waals surface area (Å²) in [5.74, 6) is 0.698. The Morgan fingerprint density at radius 3 is 2.67 bits per heavy atom. The van der Waals surface area contributed by atoms with Crippen molar-refractivity contribution < 1.29 is 4.79 Å². The van der Waals surface area contributed by atoms with E-state index in [2.05, 4.69) is 54.4 Å². The van der Waals surface area contributed by atoms with Crippen LogP contribution in [0.3, 0.4) is 0 Å². The summed E-state index contributed by atoms with van der Waals surface area (Å²) < 4.78 is 0. The second kappa shape index (κ2) is 7.60. The number of nitrogens with one attached hydrogen (secondary N) is 1. The van der Waals surface area contributed by atoms with Crippen LogP contribution in [0.1, 0.15) is 39.2 Å². The molecule has 0 saturated carbocycles. The van der Waals surface area contributed by atoms with Gasteiger partial charge in [-0.3, -0.25) is 9.69 Å². The largest absolute Gasteiger partial charge is 0.353 e. The molecule has 0 unspecified atom stereocenters. The number of likely N-dealkylation sites (tertiary alicyclic amines) is 1. The second-order valence-corrected chi connectivity index (χ2v) is 6.32. The predicted molar refractivity (Wildman–Crippen MR) is 87.2 cm³/mol. The van der Waals surface area contributed by atoms with E-state index in [1.807, 2.05) is 6.92 Å². The minimum atomic E-state index is 0.178. The summed E-state index contributed by atoms with van der Waals surface area (Å²) in [4.78, 5) is 14.2. The van der Waals surface area contributed by atoms with Gasteiger partial charge in [0.25, 0.3) is 0 Å². The number of hydrogen-bond acceptors (Lipinski definition) is 2. The highest BCUT2D eigenvalue weighted by Crippen LogP contribution is 2.22. The molecule has 21 heavy (non-hydrogen) atoms. The number of carbonyl (C=O) groups excluding carboxylic acids is 1. The average Bonchev–Trinajstić information content (AvgIpc) is 2.50. The third-order valence-corrected chi connectivity index (χ3v) is 4.63. The highest BCUT2D eigenvalue weighted by Gasteiger charge is 2.31. The number of rotatable bonds is 5. The van der Waals surface area contributed by atoms with Crippen molar-refractivity contribution in [2.75, 3.05) is 13.1 Å². The highest BCUT2D eigenvalue weighted by molar-refractivity contribution is 5.75.